The molecule has 4 heterocycles. The highest BCUT2D eigenvalue weighted by molar-refractivity contribution is 6.06. The first-order valence-corrected chi connectivity index (χ1v) is 9.85. The molecule has 4 rings (SSSR count). The maximum absolute atomic E-state index is 12.4. The highest BCUT2D eigenvalue weighted by Crippen LogP contribution is 2.29. The van der Waals surface area contributed by atoms with Crippen molar-refractivity contribution in [3.8, 4) is 0 Å². The second-order valence-electron chi connectivity index (χ2n) is 8.21. The Bertz CT molecular complexity index is 705. The number of aromatic nitrogens is 2. The number of rotatable bonds is 3. The number of amides is 3. The fourth-order valence-electron chi connectivity index (χ4n) is 4.25. The molecule has 0 radical (unpaired) electrons. The van der Waals surface area contributed by atoms with Crippen molar-refractivity contribution in [3.05, 3.63) is 18.0 Å². The van der Waals surface area contributed by atoms with Crippen LogP contribution in [0, 0.1) is 5.92 Å². The van der Waals surface area contributed by atoms with E-state index >= 15 is 0 Å². The van der Waals surface area contributed by atoms with Crippen molar-refractivity contribution in [1.82, 2.24) is 25.1 Å². The summed E-state index contributed by atoms with van der Waals surface area (Å²) >= 11 is 0. The highest BCUT2D eigenvalue weighted by Gasteiger charge is 2.50. The largest absolute Gasteiger partial charge is 0.341 e. The van der Waals surface area contributed by atoms with Gasteiger partial charge in [0.1, 0.15) is 5.54 Å². The van der Waals surface area contributed by atoms with Gasteiger partial charge in [-0.15, -0.1) is 0 Å². The molecule has 1 aromatic rings. The van der Waals surface area contributed by atoms with E-state index in [1.54, 1.807) is 7.05 Å². The third kappa shape index (κ3) is 3.50. The Morgan fingerprint density at radius 3 is 2.30 bits per heavy atom. The van der Waals surface area contributed by atoms with Gasteiger partial charge in [0.25, 0.3) is 5.91 Å². The average molecular weight is 372 g/mol. The summed E-state index contributed by atoms with van der Waals surface area (Å²) in [6, 6.07) is -0.287. The minimum absolute atomic E-state index is 0.101. The van der Waals surface area contributed by atoms with Crippen molar-refractivity contribution in [3.63, 3.8) is 0 Å². The molecule has 0 unspecified atom stereocenters. The zero-order chi connectivity index (χ0) is 19.0. The van der Waals surface area contributed by atoms with Crippen LogP contribution in [-0.2, 0) is 11.3 Å². The van der Waals surface area contributed by atoms with Crippen LogP contribution in [0.4, 0.5) is 10.7 Å². The Balaban J connectivity index is 1.32. The number of carbonyl (C=O) groups is 2. The van der Waals surface area contributed by atoms with Gasteiger partial charge in [0.15, 0.2) is 0 Å². The standard InChI is InChI=1S/C19H28N6O2/c1-14-3-7-25(8-4-14)17-20-11-15(12-21-17)13-24-9-5-19(6-10-24)16(26)23(2)18(27)22-19/h11-12,14H,3-10,13H2,1-2H3,(H,22,27). The Morgan fingerprint density at radius 2 is 1.74 bits per heavy atom. The van der Waals surface area contributed by atoms with Gasteiger partial charge in [0.05, 0.1) is 0 Å². The van der Waals surface area contributed by atoms with Crippen LogP contribution in [0.1, 0.15) is 38.2 Å². The van der Waals surface area contributed by atoms with Gasteiger partial charge in [0.2, 0.25) is 5.95 Å². The van der Waals surface area contributed by atoms with E-state index < -0.39 is 5.54 Å². The van der Waals surface area contributed by atoms with Gasteiger partial charge in [-0.3, -0.25) is 14.6 Å². The number of nitrogens with one attached hydrogen (secondary N) is 1. The fraction of sp³-hybridized carbons (Fsp3) is 0.684. The van der Waals surface area contributed by atoms with Crippen molar-refractivity contribution < 1.29 is 9.59 Å². The smallest absolute Gasteiger partial charge is 0.324 e. The van der Waals surface area contributed by atoms with E-state index in [2.05, 4.69) is 32.0 Å². The summed E-state index contributed by atoms with van der Waals surface area (Å²) in [5.74, 6) is 1.51. The molecule has 0 bridgehead atoms. The van der Waals surface area contributed by atoms with Crippen LogP contribution in [-0.4, -0.2) is 70.5 Å². The van der Waals surface area contributed by atoms with E-state index in [1.807, 2.05) is 12.4 Å². The van der Waals surface area contributed by atoms with E-state index in [0.717, 1.165) is 50.2 Å². The number of urea groups is 1. The fourth-order valence-corrected chi connectivity index (χ4v) is 4.25. The second kappa shape index (κ2) is 7.07. The Morgan fingerprint density at radius 1 is 1.11 bits per heavy atom. The molecule has 3 fully saturated rings. The molecule has 0 aromatic carbocycles. The molecule has 1 spiro atoms. The van der Waals surface area contributed by atoms with Crippen LogP contribution in [0.15, 0.2) is 12.4 Å². The molecule has 146 valence electrons. The van der Waals surface area contributed by atoms with Crippen LogP contribution < -0.4 is 10.2 Å². The molecule has 8 nitrogen and oxygen atoms in total. The molecule has 8 heteroatoms. The van der Waals surface area contributed by atoms with Crippen LogP contribution >= 0.6 is 0 Å². The number of nitrogens with zero attached hydrogens (tertiary/aromatic N) is 5. The molecule has 27 heavy (non-hydrogen) atoms. The zero-order valence-electron chi connectivity index (χ0n) is 16.1. The van der Waals surface area contributed by atoms with E-state index in [4.69, 9.17) is 0 Å². The van der Waals surface area contributed by atoms with Crippen molar-refractivity contribution >= 4 is 17.9 Å². The van der Waals surface area contributed by atoms with E-state index in [9.17, 15) is 9.59 Å². The number of piperidine rings is 2. The number of anilines is 1. The Kier molecular flexibility index (Phi) is 4.75. The van der Waals surface area contributed by atoms with Gasteiger partial charge < -0.3 is 10.2 Å². The minimum Gasteiger partial charge on any atom is -0.341 e. The summed E-state index contributed by atoms with van der Waals surface area (Å²) in [5, 5.41) is 2.88. The van der Waals surface area contributed by atoms with Crippen LogP contribution in [0.5, 0.6) is 0 Å². The highest BCUT2D eigenvalue weighted by atomic mass is 16.2. The van der Waals surface area contributed by atoms with Crippen LogP contribution in [0.2, 0.25) is 0 Å². The zero-order valence-corrected chi connectivity index (χ0v) is 16.1. The maximum atomic E-state index is 12.4. The SMILES string of the molecule is CC1CCN(c2ncc(CN3CCC4(CC3)NC(=O)N(C)C4=O)cn2)CC1. The van der Waals surface area contributed by atoms with Crippen molar-refractivity contribution in [2.24, 2.45) is 5.92 Å². The summed E-state index contributed by atoms with van der Waals surface area (Å²) in [5.41, 5.74) is 0.382. The normalized spacial score (nSPS) is 23.9. The van der Waals surface area contributed by atoms with E-state index in [0.29, 0.717) is 12.8 Å². The van der Waals surface area contributed by atoms with Gasteiger partial charge in [-0.05, 0) is 31.6 Å². The molecule has 0 atom stereocenters. The van der Waals surface area contributed by atoms with Crippen molar-refractivity contribution in [2.75, 3.05) is 38.1 Å². The Labute approximate surface area is 159 Å². The monoisotopic (exact) mass is 372 g/mol. The lowest BCUT2D eigenvalue weighted by Crippen LogP contribution is -2.54. The van der Waals surface area contributed by atoms with Crippen molar-refractivity contribution in [2.45, 2.75) is 44.7 Å². The molecular weight excluding hydrogens is 344 g/mol. The lowest BCUT2D eigenvalue weighted by Gasteiger charge is -2.37. The van der Waals surface area contributed by atoms with Gasteiger partial charge in [-0.25, -0.2) is 14.8 Å². The summed E-state index contributed by atoms with van der Waals surface area (Å²) in [7, 11) is 1.54. The minimum atomic E-state index is -0.700. The number of imide groups is 1. The number of hydrogen-bond donors (Lipinski definition) is 1. The van der Waals surface area contributed by atoms with E-state index in [1.165, 1.54) is 17.7 Å². The predicted octanol–water partition coefficient (Wildman–Crippen LogP) is 1.23. The molecule has 3 saturated heterocycles. The molecule has 3 amide bonds. The van der Waals surface area contributed by atoms with Gasteiger partial charge >= 0.3 is 6.03 Å². The number of hydrogen-bond acceptors (Lipinski definition) is 6. The molecular formula is C19H28N6O2. The summed E-state index contributed by atoms with van der Waals surface area (Å²) in [6.07, 6.45) is 7.53. The lowest BCUT2D eigenvalue weighted by atomic mass is 9.87. The Hall–Kier alpha value is -2.22. The van der Waals surface area contributed by atoms with Crippen LogP contribution in [0.25, 0.3) is 0 Å². The molecule has 3 aliphatic heterocycles. The van der Waals surface area contributed by atoms with Gasteiger partial charge in [0, 0.05) is 57.7 Å². The number of carbonyl (C=O) groups excluding carboxylic acids is 2. The molecule has 1 aromatic heterocycles. The summed E-state index contributed by atoms with van der Waals surface area (Å²) in [6.45, 7) is 6.67. The summed E-state index contributed by atoms with van der Waals surface area (Å²) < 4.78 is 0. The quantitative estimate of drug-likeness (QED) is 0.804. The molecule has 1 N–H and O–H groups in total. The van der Waals surface area contributed by atoms with Gasteiger partial charge in [-0.2, -0.15) is 0 Å². The lowest BCUT2D eigenvalue weighted by molar-refractivity contribution is -0.132. The predicted molar refractivity (Wildman–Crippen MR) is 101 cm³/mol. The molecule has 0 aliphatic carbocycles. The first-order chi connectivity index (χ1) is 13.0. The van der Waals surface area contributed by atoms with Gasteiger partial charge in [-0.1, -0.05) is 6.92 Å². The third-order valence-electron chi connectivity index (χ3n) is 6.24. The van der Waals surface area contributed by atoms with Crippen LogP contribution in [0.3, 0.4) is 0 Å². The second-order valence-corrected chi connectivity index (χ2v) is 8.21. The first kappa shape index (κ1) is 18.2. The maximum Gasteiger partial charge on any atom is 0.324 e. The van der Waals surface area contributed by atoms with E-state index in [-0.39, 0.29) is 11.9 Å². The summed E-state index contributed by atoms with van der Waals surface area (Å²) in [4.78, 5) is 39.0. The number of likely N-dealkylation sites (tertiary alicyclic amines) is 1. The number of likely N-dealkylation sites (N-methyl/N-ethyl adjacent to an activating group) is 1. The first-order valence-electron chi connectivity index (χ1n) is 9.85. The topological polar surface area (TPSA) is 81.7 Å². The molecule has 0 saturated carbocycles. The average Bonchev–Trinajstić information content (AvgIpc) is 2.89. The van der Waals surface area contributed by atoms with Crippen molar-refractivity contribution in [1.29, 1.82) is 0 Å². The third-order valence-corrected chi connectivity index (χ3v) is 6.24. The molecule has 3 aliphatic rings.